The molecule has 0 unspecified atom stereocenters. The van der Waals surface area contributed by atoms with Gasteiger partial charge in [0, 0.05) is 4.47 Å². The van der Waals surface area contributed by atoms with Crippen molar-refractivity contribution in [2.24, 2.45) is 0 Å². The fourth-order valence-corrected chi connectivity index (χ4v) is 4.84. The van der Waals surface area contributed by atoms with Crippen LogP contribution in [0.25, 0.3) is 6.08 Å². The Morgan fingerprint density at radius 2 is 1.49 bits per heavy atom. The minimum absolute atomic E-state index is 0.223. The maximum absolute atomic E-state index is 13.4. The highest BCUT2D eigenvalue weighted by Crippen LogP contribution is 2.38. The molecule has 8 nitrogen and oxygen atoms in total. The predicted octanol–water partition coefficient (Wildman–Crippen LogP) is 7.24. The Bertz CT molecular complexity index is 1700. The molecule has 0 radical (unpaired) electrons. The van der Waals surface area contributed by atoms with Crippen molar-refractivity contribution in [3.63, 3.8) is 0 Å². The molecule has 4 aromatic carbocycles. The van der Waals surface area contributed by atoms with Crippen molar-refractivity contribution in [3.8, 4) is 17.2 Å². The molecule has 0 saturated carbocycles. The second-order valence-corrected chi connectivity index (χ2v) is 11.0. The van der Waals surface area contributed by atoms with Crippen molar-refractivity contribution in [1.82, 2.24) is 5.32 Å². The maximum Gasteiger partial charge on any atom is 0.335 e. The van der Waals surface area contributed by atoms with Crippen LogP contribution >= 0.6 is 27.5 Å². The van der Waals surface area contributed by atoms with Gasteiger partial charge < -0.3 is 14.2 Å². The van der Waals surface area contributed by atoms with Gasteiger partial charge >= 0.3 is 6.03 Å². The Morgan fingerprint density at radius 3 is 2.14 bits per heavy atom. The zero-order chi connectivity index (χ0) is 30.5. The number of urea groups is 1. The first-order chi connectivity index (χ1) is 20.7. The third-order valence-electron chi connectivity index (χ3n) is 6.58. The first-order valence-corrected chi connectivity index (χ1v) is 14.3. The van der Waals surface area contributed by atoms with Crippen molar-refractivity contribution in [3.05, 3.63) is 122 Å². The summed E-state index contributed by atoms with van der Waals surface area (Å²) in [6.07, 6.45) is 1.35. The summed E-state index contributed by atoms with van der Waals surface area (Å²) in [5.41, 5.74) is 3.52. The van der Waals surface area contributed by atoms with Gasteiger partial charge in [-0.2, -0.15) is 0 Å². The Labute approximate surface area is 261 Å². The molecule has 1 aliphatic rings. The van der Waals surface area contributed by atoms with Gasteiger partial charge in [0.1, 0.15) is 24.5 Å². The number of anilines is 1. The number of hydrogen-bond donors (Lipinski definition) is 1. The monoisotopic (exact) mass is 660 g/mol. The van der Waals surface area contributed by atoms with Crippen LogP contribution in [0.1, 0.15) is 22.3 Å². The molecule has 1 aliphatic heterocycles. The predicted molar refractivity (Wildman–Crippen MR) is 167 cm³/mol. The summed E-state index contributed by atoms with van der Waals surface area (Å²) >= 11 is 9.93. The lowest BCUT2D eigenvalue weighted by molar-refractivity contribution is -0.122. The number of carbonyl (C=O) groups excluding carboxylic acids is 3. The topological polar surface area (TPSA) is 94.2 Å². The fourth-order valence-electron chi connectivity index (χ4n) is 4.30. The van der Waals surface area contributed by atoms with Gasteiger partial charge in [-0.15, -0.1) is 0 Å². The van der Waals surface area contributed by atoms with E-state index in [1.54, 1.807) is 36.4 Å². The van der Waals surface area contributed by atoms with Gasteiger partial charge in [-0.05, 0) is 78.2 Å². The zero-order valence-electron chi connectivity index (χ0n) is 23.2. The average Bonchev–Trinajstić information content (AvgIpc) is 2.99. The number of benzene rings is 4. The highest BCUT2D eigenvalue weighted by atomic mass is 79.9. The second-order valence-electron chi connectivity index (χ2n) is 9.68. The SMILES string of the molecule is COc1cc(/C=C2\C(=O)NC(=O)N(c3ccc(OCc4ccc(C)cc4)cc3)C2=O)cc(Cl)c1OCc1ccc(Br)cc1. The van der Waals surface area contributed by atoms with E-state index >= 15 is 0 Å². The average molecular weight is 662 g/mol. The number of carbonyl (C=O) groups is 3. The van der Waals surface area contributed by atoms with Crippen LogP contribution in [0.5, 0.6) is 17.2 Å². The summed E-state index contributed by atoms with van der Waals surface area (Å²) in [4.78, 5) is 39.7. The van der Waals surface area contributed by atoms with Crippen LogP contribution in [0.2, 0.25) is 5.02 Å². The quantitative estimate of drug-likeness (QED) is 0.150. The summed E-state index contributed by atoms with van der Waals surface area (Å²) in [5.74, 6) is -0.419. The third-order valence-corrected chi connectivity index (χ3v) is 7.39. The number of barbiturate groups is 1. The van der Waals surface area contributed by atoms with Crippen molar-refractivity contribution in [2.45, 2.75) is 20.1 Å². The summed E-state index contributed by atoms with van der Waals surface area (Å²) in [7, 11) is 1.46. The summed E-state index contributed by atoms with van der Waals surface area (Å²) in [6, 6.07) is 24.4. The lowest BCUT2D eigenvalue weighted by Crippen LogP contribution is -2.54. The molecule has 5 rings (SSSR count). The minimum Gasteiger partial charge on any atom is -0.493 e. The number of aryl methyl sites for hydroxylation is 1. The van der Waals surface area contributed by atoms with E-state index in [1.165, 1.54) is 13.2 Å². The van der Waals surface area contributed by atoms with Crippen LogP contribution in [0, 0.1) is 6.92 Å². The molecule has 43 heavy (non-hydrogen) atoms. The van der Waals surface area contributed by atoms with Crippen LogP contribution < -0.4 is 24.4 Å². The van der Waals surface area contributed by atoms with E-state index in [0.29, 0.717) is 29.4 Å². The smallest absolute Gasteiger partial charge is 0.335 e. The number of methoxy groups -OCH3 is 1. The van der Waals surface area contributed by atoms with Crippen LogP contribution in [0.3, 0.4) is 0 Å². The van der Waals surface area contributed by atoms with Gasteiger partial charge in [0.15, 0.2) is 11.5 Å². The number of imide groups is 2. The van der Waals surface area contributed by atoms with E-state index in [1.807, 2.05) is 55.5 Å². The van der Waals surface area contributed by atoms with Crippen LogP contribution in [0.15, 0.2) is 95.0 Å². The number of ether oxygens (including phenoxy) is 3. The van der Waals surface area contributed by atoms with Crippen molar-refractivity contribution >= 4 is 57.1 Å². The van der Waals surface area contributed by atoms with E-state index < -0.39 is 17.8 Å². The van der Waals surface area contributed by atoms with E-state index in [-0.39, 0.29) is 22.9 Å². The zero-order valence-corrected chi connectivity index (χ0v) is 25.6. The summed E-state index contributed by atoms with van der Waals surface area (Å²) in [6.45, 7) is 2.63. The molecule has 4 amide bonds. The van der Waals surface area contributed by atoms with Gasteiger partial charge in [0.25, 0.3) is 11.8 Å². The number of amides is 4. The molecule has 0 spiro atoms. The molecule has 0 aliphatic carbocycles. The first-order valence-electron chi connectivity index (χ1n) is 13.2. The van der Waals surface area contributed by atoms with Gasteiger partial charge in [-0.3, -0.25) is 14.9 Å². The normalized spacial score (nSPS) is 14.1. The fraction of sp³-hybridized carbons (Fsp3) is 0.121. The van der Waals surface area contributed by atoms with E-state index in [0.717, 1.165) is 26.1 Å². The molecule has 10 heteroatoms. The Kier molecular flexibility index (Phi) is 9.13. The molecule has 0 bridgehead atoms. The third kappa shape index (κ3) is 7.07. The number of rotatable bonds is 9. The molecule has 1 fully saturated rings. The molecule has 1 saturated heterocycles. The van der Waals surface area contributed by atoms with Crippen molar-refractivity contribution < 1.29 is 28.6 Å². The molecular formula is C33H26BrClN2O6. The standard InChI is InChI=1S/C33H26BrClN2O6/c1-20-3-5-21(6-4-20)18-42-26-13-11-25(12-14-26)37-32(39)27(31(38)36-33(37)40)15-23-16-28(35)30(29(17-23)41-2)43-19-22-7-9-24(34)10-8-22/h3-17H,18-19H2,1-2H3,(H,36,38,40)/b27-15+. The van der Waals surface area contributed by atoms with Crippen LogP contribution in [0.4, 0.5) is 10.5 Å². The Balaban J connectivity index is 1.33. The number of nitrogens with zero attached hydrogens (tertiary/aromatic N) is 1. The lowest BCUT2D eigenvalue weighted by atomic mass is 10.1. The van der Waals surface area contributed by atoms with Gasteiger partial charge in [-0.1, -0.05) is 69.5 Å². The molecule has 0 atom stereocenters. The molecule has 4 aromatic rings. The van der Waals surface area contributed by atoms with E-state index in [2.05, 4.69) is 21.2 Å². The van der Waals surface area contributed by atoms with Crippen molar-refractivity contribution in [2.75, 3.05) is 12.0 Å². The first kappa shape index (κ1) is 29.9. The lowest BCUT2D eigenvalue weighted by Gasteiger charge is -2.26. The molecule has 1 N–H and O–H groups in total. The molecule has 218 valence electrons. The van der Waals surface area contributed by atoms with Crippen molar-refractivity contribution in [1.29, 1.82) is 0 Å². The number of halogens is 2. The van der Waals surface area contributed by atoms with E-state index in [4.69, 9.17) is 25.8 Å². The minimum atomic E-state index is -0.854. The van der Waals surface area contributed by atoms with E-state index in [9.17, 15) is 14.4 Å². The van der Waals surface area contributed by atoms with Crippen LogP contribution in [-0.2, 0) is 22.8 Å². The maximum atomic E-state index is 13.4. The van der Waals surface area contributed by atoms with Gasteiger partial charge in [0.2, 0.25) is 0 Å². The summed E-state index contributed by atoms with van der Waals surface area (Å²) in [5, 5.41) is 2.45. The van der Waals surface area contributed by atoms with Crippen LogP contribution in [-0.4, -0.2) is 25.0 Å². The molecular weight excluding hydrogens is 636 g/mol. The van der Waals surface area contributed by atoms with Gasteiger partial charge in [0.05, 0.1) is 17.8 Å². The number of nitrogens with one attached hydrogen (secondary N) is 1. The molecule has 1 heterocycles. The Hall–Kier alpha value is -4.60. The van der Waals surface area contributed by atoms with Gasteiger partial charge in [-0.25, -0.2) is 9.69 Å². The Morgan fingerprint density at radius 1 is 0.860 bits per heavy atom. The number of hydrogen-bond acceptors (Lipinski definition) is 6. The highest BCUT2D eigenvalue weighted by molar-refractivity contribution is 9.10. The highest BCUT2D eigenvalue weighted by Gasteiger charge is 2.37. The molecule has 0 aromatic heterocycles. The second kappa shape index (κ2) is 13.1. The largest absolute Gasteiger partial charge is 0.493 e. The summed E-state index contributed by atoms with van der Waals surface area (Å²) < 4.78 is 18.2.